The Morgan fingerprint density at radius 1 is 1.10 bits per heavy atom. The smallest absolute Gasteiger partial charge is 0.269 e. The van der Waals surface area contributed by atoms with Gasteiger partial charge in [-0.05, 0) is 49.1 Å². The Balaban J connectivity index is 1.50. The highest BCUT2D eigenvalue weighted by Gasteiger charge is 2.32. The SMILES string of the molecule is CCc1ccc(C(=O)NNC(=O)C2CCN(S(=O)(=O)c3cccnc3)CC2)cc1. The molecule has 0 bridgehead atoms. The maximum Gasteiger partial charge on any atom is 0.269 e. The molecule has 1 aromatic carbocycles. The number of benzene rings is 1. The van der Waals surface area contributed by atoms with Crippen LogP contribution in [0.1, 0.15) is 35.7 Å². The molecule has 0 spiro atoms. The minimum atomic E-state index is -3.61. The summed E-state index contributed by atoms with van der Waals surface area (Å²) < 4.78 is 26.6. The van der Waals surface area contributed by atoms with E-state index in [2.05, 4.69) is 15.8 Å². The number of hydrogen-bond acceptors (Lipinski definition) is 5. The van der Waals surface area contributed by atoms with Gasteiger partial charge in [0.05, 0.1) is 0 Å². The summed E-state index contributed by atoms with van der Waals surface area (Å²) in [5, 5.41) is 0. The highest BCUT2D eigenvalue weighted by molar-refractivity contribution is 7.89. The van der Waals surface area contributed by atoms with Gasteiger partial charge in [0.2, 0.25) is 15.9 Å². The Bertz CT molecular complexity index is 954. The van der Waals surface area contributed by atoms with E-state index in [4.69, 9.17) is 0 Å². The zero-order valence-corrected chi connectivity index (χ0v) is 17.0. The van der Waals surface area contributed by atoms with Crippen LogP contribution in [-0.2, 0) is 21.2 Å². The summed E-state index contributed by atoms with van der Waals surface area (Å²) in [6, 6.07) is 10.2. The monoisotopic (exact) mass is 416 g/mol. The molecule has 0 saturated carbocycles. The van der Waals surface area contributed by atoms with Crippen molar-refractivity contribution >= 4 is 21.8 Å². The van der Waals surface area contributed by atoms with Gasteiger partial charge in [0.25, 0.3) is 5.91 Å². The lowest BCUT2D eigenvalue weighted by molar-refractivity contribution is -0.126. The number of pyridine rings is 1. The number of hydrazine groups is 1. The fourth-order valence-corrected chi connectivity index (χ4v) is 4.63. The molecule has 9 heteroatoms. The predicted octanol–water partition coefficient (Wildman–Crippen LogP) is 1.51. The Kier molecular flexibility index (Phi) is 6.60. The van der Waals surface area contributed by atoms with Crippen LogP contribution in [0.25, 0.3) is 0 Å². The number of hydrogen-bond donors (Lipinski definition) is 2. The minimum Gasteiger partial charge on any atom is -0.273 e. The van der Waals surface area contributed by atoms with Crippen LogP contribution in [-0.4, -0.2) is 42.6 Å². The van der Waals surface area contributed by atoms with Gasteiger partial charge in [-0.2, -0.15) is 4.31 Å². The zero-order chi connectivity index (χ0) is 20.9. The van der Waals surface area contributed by atoms with Crippen molar-refractivity contribution in [3.63, 3.8) is 0 Å². The van der Waals surface area contributed by atoms with Crippen LogP contribution in [0, 0.1) is 5.92 Å². The average Bonchev–Trinajstić information content (AvgIpc) is 2.78. The fourth-order valence-electron chi connectivity index (χ4n) is 3.19. The number of aryl methyl sites for hydroxylation is 1. The van der Waals surface area contributed by atoms with E-state index in [-0.39, 0.29) is 29.8 Å². The summed E-state index contributed by atoms with van der Waals surface area (Å²) in [6.45, 7) is 2.51. The summed E-state index contributed by atoms with van der Waals surface area (Å²) in [6.07, 6.45) is 4.48. The second-order valence-electron chi connectivity index (χ2n) is 6.86. The summed E-state index contributed by atoms with van der Waals surface area (Å²) in [7, 11) is -3.61. The summed E-state index contributed by atoms with van der Waals surface area (Å²) in [5.41, 5.74) is 6.45. The number of piperidine rings is 1. The number of carbonyl (C=O) groups excluding carboxylic acids is 2. The van der Waals surface area contributed by atoms with Gasteiger partial charge in [-0.1, -0.05) is 19.1 Å². The molecule has 0 radical (unpaired) electrons. The van der Waals surface area contributed by atoms with Crippen LogP contribution in [0.15, 0.2) is 53.7 Å². The summed E-state index contributed by atoms with van der Waals surface area (Å²) in [5.74, 6) is -1.07. The number of amides is 2. The number of sulfonamides is 1. The van der Waals surface area contributed by atoms with Crippen molar-refractivity contribution in [3.05, 3.63) is 59.9 Å². The highest BCUT2D eigenvalue weighted by Crippen LogP contribution is 2.23. The Morgan fingerprint density at radius 2 is 1.79 bits per heavy atom. The van der Waals surface area contributed by atoms with Crippen LogP contribution >= 0.6 is 0 Å². The lowest BCUT2D eigenvalue weighted by atomic mass is 9.98. The van der Waals surface area contributed by atoms with Crippen molar-refractivity contribution in [1.29, 1.82) is 0 Å². The van der Waals surface area contributed by atoms with Crippen molar-refractivity contribution in [2.45, 2.75) is 31.1 Å². The first-order chi connectivity index (χ1) is 13.9. The first kappa shape index (κ1) is 20.9. The van der Waals surface area contributed by atoms with Crippen LogP contribution in [0.5, 0.6) is 0 Å². The van der Waals surface area contributed by atoms with Gasteiger partial charge < -0.3 is 0 Å². The molecule has 2 heterocycles. The number of nitrogens with one attached hydrogen (secondary N) is 2. The van der Waals surface area contributed by atoms with Crippen molar-refractivity contribution in [3.8, 4) is 0 Å². The number of nitrogens with zero attached hydrogens (tertiary/aromatic N) is 2. The third-order valence-corrected chi connectivity index (χ3v) is 6.90. The second-order valence-corrected chi connectivity index (χ2v) is 8.80. The molecular formula is C20H24N4O4S. The molecule has 3 rings (SSSR count). The summed E-state index contributed by atoms with van der Waals surface area (Å²) in [4.78, 5) is 28.5. The van der Waals surface area contributed by atoms with E-state index in [1.54, 1.807) is 18.2 Å². The van der Waals surface area contributed by atoms with Gasteiger partial charge in [-0.3, -0.25) is 25.4 Å². The van der Waals surface area contributed by atoms with E-state index in [1.807, 2.05) is 19.1 Å². The number of aromatic nitrogens is 1. The van der Waals surface area contributed by atoms with Gasteiger partial charge in [-0.25, -0.2) is 8.42 Å². The van der Waals surface area contributed by atoms with Crippen LogP contribution in [0.2, 0.25) is 0 Å². The van der Waals surface area contributed by atoms with Gasteiger partial charge in [-0.15, -0.1) is 0 Å². The topological polar surface area (TPSA) is 108 Å². The van der Waals surface area contributed by atoms with Gasteiger partial charge >= 0.3 is 0 Å². The first-order valence-electron chi connectivity index (χ1n) is 9.51. The third kappa shape index (κ3) is 4.99. The fraction of sp³-hybridized carbons (Fsp3) is 0.350. The highest BCUT2D eigenvalue weighted by atomic mass is 32.2. The normalized spacial score (nSPS) is 15.6. The lowest BCUT2D eigenvalue weighted by Crippen LogP contribution is -2.48. The quantitative estimate of drug-likeness (QED) is 0.718. The van der Waals surface area contributed by atoms with E-state index >= 15 is 0 Å². The molecule has 1 saturated heterocycles. The molecule has 0 atom stereocenters. The molecule has 1 fully saturated rings. The van der Waals surface area contributed by atoms with Crippen molar-refractivity contribution in [2.24, 2.45) is 5.92 Å². The van der Waals surface area contributed by atoms with Crippen LogP contribution in [0.3, 0.4) is 0 Å². The Labute approximate surface area is 170 Å². The van der Waals surface area contributed by atoms with Crippen molar-refractivity contribution < 1.29 is 18.0 Å². The van der Waals surface area contributed by atoms with Crippen LogP contribution < -0.4 is 10.9 Å². The molecule has 8 nitrogen and oxygen atoms in total. The largest absolute Gasteiger partial charge is 0.273 e. The maximum atomic E-state index is 12.6. The standard InChI is InChI=1S/C20H24N4O4S/c1-2-15-5-7-16(8-6-15)19(25)22-23-20(26)17-9-12-24(13-10-17)29(27,28)18-4-3-11-21-14-18/h3-8,11,14,17H,2,9-10,12-13H2,1H3,(H,22,25)(H,23,26). The average molecular weight is 417 g/mol. The van der Waals surface area contributed by atoms with Crippen molar-refractivity contribution in [1.82, 2.24) is 20.1 Å². The molecular weight excluding hydrogens is 392 g/mol. The molecule has 2 aromatic rings. The molecule has 1 aromatic heterocycles. The van der Waals surface area contributed by atoms with E-state index in [1.165, 1.54) is 22.8 Å². The zero-order valence-electron chi connectivity index (χ0n) is 16.2. The molecule has 0 aliphatic carbocycles. The molecule has 0 unspecified atom stereocenters. The first-order valence-corrected chi connectivity index (χ1v) is 10.9. The minimum absolute atomic E-state index is 0.143. The predicted molar refractivity (Wildman–Crippen MR) is 107 cm³/mol. The van der Waals surface area contributed by atoms with E-state index < -0.39 is 15.9 Å². The number of rotatable bonds is 5. The molecule has 1 aliphatic heterocycles. The second kappa shape index (κ2) is 9.15. The van der Waals surface area contributed by atoms with Gasteiger partial charge in [0, 0.05) is 37.0 Å². The van der Waals surface area contributed by atoms with E-state index in [0.29, 0.717) is 18.4 Å². The Hall–Kier alpha value is -2.78. The molecule has 154 valence electrons. The van der Waals surface area contributed by atoms with Crippen LogP contribution in [0.4, 0.5) is 0 Å². The van der Waals surface area contributed by atoms with E-state index in [9.17, 15) is 18.0 Å². The maximum absolute atomic E-state index is 12.6. The molecule has 2 N–H and O–H groups in total. The van der Waals surface area contributed by atoms with Crippen molar-refractivity contribution in [2.75, 3.05) is 13.1 Å². The summed E-state index contributed by atoms with van der Waals surface area (Å²) >= 11 is 0. The van der Waals surface area contributed by atoms with E-state index in [0.717, 1.165) is 12.0 Å². The van der Waals surface area contributed by atoms with Gasteiger partial charge in [0.15, 0.2) is 0 Å². The third-order valence-electron chi connectivity index (χ3n) is 5.02. The molecule has 1 aliphatic rings. The van der Waals surface area contributed by atoms with Gasteiger partial charge in [0.1, 0.15) is 4.90 Å². The lowest BCUT2D eigenvalue weighted by Gasteiger charge is -2.30. The molecule has 2 amide bonds. The Morgan fingerprint density at radius 3 is 2.38 bits per heavy atom. The number of carbonyl (C=O) groups is 2. The molecule has 29 heavy (non-hydrogen) atoms.